The minimum atomic E-state index is -0.410. The van der Waals surface area contributed by atoms with Gasteiger partial charge in [-0.2, -0.15) is 0 Å². The second-order valence-electron chi connectivity index (χ2n) is 3.98. The van der Waals surface area contributed by atoms with Crippen LogP contribution >= 0.6 is 39.1 Å². The maximum Gasteiger partial charge on any atom is 0.156 e. The van der Waals surface area contributed by atoms with E-state index >= 15 is 0 Å². The van der Waals surface area contributed by atoms with Crippen molar-refractivity contribution in [2.45, 2.75) is 11.1 Å². The van der Waals surface area contributed by atoms with Crippen molar-refractivity contribution in [3.8, 4) is 5.75 Å². The molecule has 0 aliphatic carbocycles. The molecule has 2 atom stereocenters. The number of benzene rings is 1. The minimum Gasteiger partial charge on any atom is -0.496 e. The number of H-pyrrole nitrogens is 1. The lowest BCUT2D eigenvalue weighted by atomic mass is 10.2. The van der Waals surface area contributed by atoms with Crippen LogP contribution in [-0.4, -0.2) is 17.7 Å². The van der Waals surface area contributed by atoms with Gasteiger partial charge in [0.15, 0.2) is 5.62 Å². The number of aromatic nitrogens is 1. The predicted molar refractivity (Wildman–Crippen MR) is 77.5 cm³/mol. The number of anilines is 1. The third kappa shape index (κ3) is 1.86. The van der Waals surface area contributed by atoms with Gasteiger partial charge in [-0.05, 0) is 12.1 Å². The molecule has 3 rings (SSSR count). The Kier molecular flexibility index (Phi) is 3.10. The monoisotopic (exact) mass is 349 g/mol. The number of ether oxygens (including phenoxy) is 1. The summed E-state index contributed by atoms with van der Waals surface area (Å²) >= 11 is 15.7. The van der Waals surface area contributed by atoms with Crippen molar-refractivity contribution < 1.29 is 4.74 Å². The summed E-state index contributed by atoms with van der Waals surface area (Å²) in [6.45, 7) is 0. The molecule has 0 radical (unpaired) electrons. The topological polar surface area (TPSA) is 49.1 Å². The summed E-state index contributed by atoms with van der Waals surface area (Å²) < 4.78 is 6.34. The molecule has 1 aromatic carbocycles. The van der Waals surface area contributed by atoms with Crippen molar-refractivity contribution in [2.75, 3.05) is 12.4 Å². The summed E-state index contributed by atoms with van der Waals surface area (Å²) in [5.74, 6) is 0.763. The van der Waals surface area contributed by atoms with Crippen molar-refractivity contribution in [1.82, 2.24) is 10.3 Å². The summed E-state index contributed by atoms with van der Waals surface area (Å²) in [5.41, 5.74) is 1.91. The summed E-state index contributed by atoms with van der Waals surface area (Å²) in [6, 6.07) is 3.89. The number of alkyl halides is 2. The van der Waals surface area contributed by atoms with E-state index in [9.17, 15) is 0 Å². The van der Waals surface area contributed by atoms with E-state index in [0.717, 1.165) is 32.5 Å². The SMILES string of the molecule is COc1cc(Br)cc2[nH]c3c(c12)NC(Cl)NC3Cl. The third-order valence-electron chi connectivity index (χ3n) is 2.89. The molecule has 2 aromatic rings. The molecular formula is C11H10BrCl2N3O. The van der Waals surface area contributed by atoms with Gasteiger partial charge in [-0.15, -0.1) is 0 Å². The van der Waals surface area contributed by atoms with Crippen LogP contribution in [0.15, 0.2) is 16.6 Å². The summed E-state index contributed by atoms with van der Waals surface area (Å²) in [7, 11) is 1.64. The number of aromatic amines is 1. The molecule has 0 bridgehead atoms. The number of nitrogens with one attached hydrogen (secondary N) is 3. The van der Waals surface area contributed by atoms with Crippen molar-refractivity contribution in [2.24, 2.45) is 0 Å². The van der Waals surface area contributed by atoms with Gasteiger partial charge in [0.1, 0.15) is 11.3 Å². The smallest absolute Gasteiger partial charge is 0.156 e. The van der Waals surface area contributed by atoms with E-state index in [1.165, 1.54) is 0 Å². The average Bonchev–Trinajstić information content (AvgIpc) is 2.66. The fraction of sp³-hybridized carbons (Fsp3) is 0.273. The normalized spacial score (nSPS) is 22.7. The standard InChI is InChI=1S/C11H10BrCl2N3O/c1-18-6-3-4(12)2-5-7(6)8-9(15-5)10(13)17-11(14)16-8/h2-3,10-11,15-17H,1H3. The van der Waals surface area contributed by atoms with Crippen LogP contribution in [0, 0.1) is 0 Å². The number of rotatable bonds is 1. The Labute approximate surface area is 122 Å². The molecule has 3 N–H and O–H groups in total. The molecule has 4 nitrogen and oxygen atoms in total. The molecule has 0 fully saturated rings. The van der Waals surface area contributed by atoms with E-state index in [2.05, 4.69) is 31.5 Å². The van der Waals surface area contributed by atoms with E-state index in [1.54, 1.807) is 7.11 Å². The zero-order chi connectivity index (χ0) is 12.9. The second kappa shape index (κ2) is 4.49. The highest BCUT2D eigenvalue weighted by Gasteiger charge is 2.28. The Bertz CT molecular complexity index is 616. The number of fused-ring (bicyclic) bond motifs is 3. The molecule has 0 spiro atoms. The summed E-state index contributed by atoms with van der Waals surface area (Å²) in [4.78, 5) is 3.28. The van der Waals surface area contributed by atoms with Gasteiger partial charge in [0.05, 0.1) is 29.4 Å². The molecule has 18 heavy (non-hydrogen) atoms. The Morgan fingerprint density at radius 2 is 2.11 bits per heavy atom. The Morgan fingerprint density at radius 3 is 2.83 bits per heavy atom. The molecule has 0 amide bonds. The molecule has 7 heteroatoms. The van der Waals surface area contributed by atoms with E-state index in [-0.39, 0.29) is 5.50 Å². The first-order valence-electron chi connectivity index (χ1n) is 5.30. The summed E-state index contributed by atoms with van der Waals surface area (Å²) in [6.07, 6.45) is 0. The van der Waals surface area contributed by atoms with E-state index in [0.29, 0.717) is 0 Å². The van der Waals surface area contributed by atoms with Crippen molar-refractivity contribution in [3.05, 3.63) is 22.3 Å². The largest absolute Gasteiger partial charge is 0.496 e. The van der Waals surface area contributed by atoms with Crippen LogP contribution in [0.25, 0.3) is 10.9 Å². The summed E-state index contributed by atoms with van der Waals surface area (Å²) in [5, 5.41) is 7.09. The molecule has 0 saturated heterocycles. The lowest BCUT2D eigenvalue weighted by molar-refractivity contribution is 0.419. The maximum atomic E-state index is 6.23. The van der Waals surface area contributed by atoms with Crippen LogP contribution in [0.5, 0.6) is 5.75 Å². The van der Waals surface area contributed by atoms with Gasteiger partial charge in [-0.3, -0.25) is 5.32 Å². The molecular weight excluding hydrogens is 341 g/mol. The predicted octanol–water partition coefficient (Wildman–Crippen LogP) is 3.71. The number of halogens is 3. The lowest BCUT2D eigenvalue weighted by Gasteiger charge is -2.25. The first-order valence-corrected chi connectivity index (χ1v) is 6.96. The Hall–Kier alpha value is -0.620. The number of hydrogen-bond donors (Lipinski definition) is 3. The van der Waals surface area contributed by atoms with Crippen molar-refractivity contribution in [3.63, 3.8) is 0 Å². The fourth-order valence-corrected chi connectivity index (χ4v) is 3.19. The molecule has 1 aromatic heterocycles. The zero-order valence-corrected chi connectivity index (χ0v) is 12.4. The molecule has 2 unspecified atom stereocenters. The minimum absolute atomic E-state index is 0.361. The van der Waals surface area contributed by atoms with Gasteiger partial charge in [0, 0.05) is 4.47 Å². The van der Waals surface area contributed by atoms with Crippen LogP contribution < -0.4 is 15.4 Å². The van der Waals surface area contributed by atoms with Crippen LogP contribution in [0.1, 0.15) is 11.2 Å². The first-order chi connectivity index (χ1) is 8.60. The third-order valence-corrected chi connectivity index (χ3v) is 3.93. The fourth-order valence-electron chi connectivity index (χ4n) is 2.16. The van der Waals surface area contributed by atoms with E-state index in [1.807, 2.05) is 12.1 Å². The lowest BCUT2D eigenvalue weighted by Crippen LogP contribution is -2.37. The zero-order valence-electron chi connectivity index (χ0n) is 9.35. The Balaban J connectivity index is 2.31. The van der Waals surface area contributed by atoms with Crippen molar-refractivity contribution >= 4 is 55.7 Å². The highest BCUT2D eigenvalue weighted by atomic mass is 79.9. The number of methoxy groups -OCH3 is 1. The average molecular weight is 351 g/mol. The van der Waals surface area contributed by atoms with Gasteiger partial charge in [0.25, 0.3) is 0 Å². The van der Waals surface area contributed by atoms with Crippen LogP contribution in [0.2, 0.25) is 0 Å². The van der Waals surface area contributed by atoms with Crippen LogP contribution in [-0.2, 0) is 0 Å². The highest BCUT2D eigenvalue weighted by Crippen LogP contribution is 2.42. The maximum absolute atomic E-state index is 6.23. The van der Waals surface area contributed by atoms with Crippen LogP contribution in [0.3, 0.4) is 0 Å². The molecule has 96 valence electrons. The quantitative estimate of drug-likeness (QED) is 0.542. The van der Waals surface area contributed by atoms with Gasteiger partial charge in [0.2, 0.25) is 0 Å². The van der Waals surface area contributed by atoms with Gasteiger partial charge < -0.3 is 15.0 Å². The molecule has 0 saturated carbocycles. The van der Waals surface area contributed by atoms with E-state index < -0.39 is 5.62 Å². The first kappa shape index (κ1) is 12.4. The van der Waals surface area contributed by atoms with Gasteiger partial charge >= 0.3 is 0 Å². The Morgan fingerprint density at radius 1 is 1.33 bits per heavy atom. The number of hydrogen-bond acceptors (Lipinski definition) is 3. The molecule has 1 aliphatic heterocycles. The van der Waals surface area contributed by atoms with Gasteiger partial charge in [-0.1, -0.05) is 39.1 Å². The highest BCUT2D eigenvalue weighted by molar-refractivity contribution is 9.10. The molecule has 1 aliphatic rings. The van der Waals surface area contributed by atoms with E-state index in [4.69, 9.17) is 27.9 Å². The molecule has 2 heterocycles. The second-order valence-corrected chi connectivity index (χ2v) is 5.77. The van der Waals surface area contributed by atoms with Crippen LogP contribution in [0.4, 0.5) is 5.69 Å². The van der Waals surface area contributed by atoms with Crippen molar-refractivity contribution in [1.29, 1.82) is 0 Å². The van der Waals surface area contributed by atoms with Gasteiger partial charge in [-0.25, -0.2) is 0 Å².